The maximum atomic E-state index is 12.3. The summed E-state index contributed by atoms with van der Waals surface area (Å²) in [7, 11) is 0. The second-order valence-electron chi connectivity index (χ2n) is 6.43. The molecule has 2 rings (SSSR count). The molecule has 1 fully saturated rings. The van der Waals surface area contributed by atoms with E-state index in [4.69, 9.17) is 11.6 Å². The topological polar surface area (TPSA) is 49.4 Å². The number of halogens is 1. The molecule has 0 aromatic heterocycles. The van der Waals surface area contributed by atoms with Crippen molar-refractivity contribution in [2.75, 3.05) is 19.6 Å². The number of likely N-dealkylation sites (tertiary alicyclic amines) is 1. The van der Waals surface area contributed by atoms with Gasteiger partial charge >= 0.3 is 0 Å². The lowest BCUT2D eigenvalue weighted by atomic mass is 9.95. The van der Waals surface area contributed by atoms with Crippen LogP contribution in [0.3, 0.4) is 0 Å². The number of unbranched alkanes of at least 4 members (excludes halogenated alkanes) is 1. The maximum absolute atomic E-state index is 12.3. The third-order valence-corrected chi connectivity index (χ3v) is 4.84. The number of piperidine rings is 1. The van der Waals surface area contributed by atoms with Gasteiger partial charge in [0.25, 0.3) is 0 Å². The standard InChI is InChI=1S/C19H27ClN2O2/c1-2-3-4-18(23)22-13-10-16(11-14-22)19(24)21-12-9-15-5-7-17(20)8-6-15/h5-8,16H,2-4,9-14H2,1H3,(H,21,24). The summed E-state index contributed by atoms with van der Waals surface area (Å²) in [6, 6.07) is 7.69. The smallest absolute Gasteiger partial charge is 0.223 e. The lowest BCUT2D eigenvalue weighted by molar-refractivity contribution is -0.135. The van der Waals surface area contributed by atoms with Gasteiger partial charge in [0.2, 0.25) is 11.8 Å². The first-order valence-corrected chi connectivity index (χ1v) is 9.28. The van der Waals surface area contributed by atoms with Crippen molar-refractivity contribution in [3.8, 4) is 0 Å². The Labute approximate surface area is 149 Å². The van der Waals surface area contributed by atoms with Crippen molar-refractivity contribution in [2.45, 2.75) is 45.4 Å². The summed E-state index contributed by atoms with van der Waals surface area (Å²) >= 11 is 5.86. The van der Waals surface area contributed by atoms with Crippen molar-refractivity contribution < 1.29 is 9.59 Å². The zero-order valence-corrected chi connectivity index (χ0v) is 15.1. The van der Waals surface area contributed by atoms with Gasteiger partial charge in [-0.05, 0) is 43.4 Å². The first kappa shape index (κ1) is 18.8. The molecule has 132 valence electrons. The summed E-state index contributed by atoms with van der Waals surface area (Å²) < 4.78 is 0. The summed E-state index contributed by atoms with van der Waals surface area (Å²) in [5.74, 6) is 0.383. The van der Waals surface area contributed by atoms with Gasteiger partial charge in [-0.3, -0.25) is 9.59 Å². The number of hydrogen-bond donors (Lipinski definition) is 1. The summed E-state index contributed by atoms with van der Waals surface area (Å²) in [6.45, 7) is 4.14. The molecular weight excluding hydrogens is 324 g/mol. The van der Waals surface area contributed by atoms with Crippen molar-refractivity contribution in [3.63, 3.8) is 0 Å². The maximum Gasteiger partial charge on any atom is 0.223 e. The average molecular weight is 351 g/mol. The molecule has 5 heteroatoms. The van der Waals surface area contributed by atoms with Gasteiger partial charge in [-0.1, -0.05) is 37.1 Å². The third kappa shape index (κ3) is 5.82. The van der Waals surface area contributed by atoms with E-state index in [9.17, 15) is 9.59 Å². The third-order valence-electron chi connectivity index (χ3n) is 4.59. The number of benzene rings is 1. The van der Waals surface area contributed by atoms with Crippen LogP contribution in [0.25, 0.3) is 0 Å². The minimum absolute atomic E-state index is 0.0328. The van der Waals surface area contributed by atoms with Gasteiger partial charge < -0.3 is 10.2 Å². The molecule has 2 amide bonds. The highest BCUT2D eigenvalue weighted by Crippen LogP contribution is 2.18. The highest BCUT2D eigenvalue weighted by Gasteiger charge is 2.26. The van der Waals surface area contributed by atoms with Gasteiger partial charge in [0, 0.05) is 37.0 Å². The molecule has 0 unspecified atom stereocenters. The molecule has 0 bridgehead atoms. The van der Waals surface area contributed by atoms with Crippen molar-refractivity contribution in [3.05, 3.63) is 34.9 Å². The van der Waals surface area contributed by atoms with Crippen LogP contribution in [-0.2, 0) is 16.0 Å². The van der Waals surface area contributed by atoms with Gasteiger partial charge in [-0.25, -0.2) is 0 Å². The van der Waals surface area contributed by atoms with Gasteiger partial charge in [-0.15, -0.1) is 0 Å². The molecule has 1 heterocycles. The molecule has 1 aliphatic heterocycles. The van der Waals surface area contributed by atoms with Crippen LogP contribution in [0.5, 0.6) is 0 Å². The van der Waals surface area contributed by atoms with Crippen molar-refractivity contribution in [1.29, 1.82) is 0 Å². The van der Waals surface area contributed by atoms with Crippen LogP contribution in [0.4, 0.5) is 0 Å². The molecule has 0 atom stereocenters. The van der Waals surface area contributed by atoms with Gasteiger partial charge in [0.1, 0.15) is 0 Å². The summed E-state index contributed by atoms with van der Waals surface area (Å²) in [5.41, 5.74) is 1.16. The van der Waals surface area contributed by atoms with Crippen LogP contribution >= 0.6 is 11.6 Å². The predicted octanol–water partition coefficient (Wildman–Crippen LogP) is 3.43. The SMILES string of the molecule is CCCCC(=O)N1CCC(C(=O)NCCc2ccc(Cl)cc2)CC1. The number of carbonyl (C=O) groups excluding carboxylic acids is 2. The molecule has 4 nitrogen and oxygen atoms in total. The van der Waals surface area contributed by atoms with Crippen LogP contribution in [0.2, 0.25) is 5.02 Å². The number of nitrogens with one attached hydrogen (secondary N) is 1. The molecule has 1 aliphatic rings. The van der Waals surface area contributed by atoms with E-state index >= 15 is 0 Å². The summed E-state index contributed by atoms with van der Waals surface area (Å²) in [4.78, 5) is 26.2. The van der Waals surface area contributed by atoms with Crippen molar-refractivity contribution in [2.24, 2.45) is 5.92 Å². The number of rotatable bonds is 7. The summed E-state index contributed by atoms with van der Waals surface area (Å²) in [6.07, 6.45) is 4.96. The van der Waals surface area contributed by atoms with E-state index in [2.05, 4.69) is 12.2 Å². The second kappa shape index (κ2) is 9.67. The quantitative estimate of drug-likeness (QED) is 0.819. The van der Waals surface area contributed by atoms with E-state index in [0.717, 1.165) is 42.7 Å². The van der Waals surface area contributed by atoms with E-state index in [1.807, 2.05) is 29.2 Å². The molecule has 1 N–H and O–H groups in total. The number of amides is 2. The Kier molecular flexibility index (Phi) is 7.57. The van der Waals surface area contributed by atoms with E-state index in [-0.39, 0.29) is 17.7 Å². The van der Waals surface area contributed by atoms with Crippen LogP contribution < -0.4 is 5.32 Å². The van der Waals surface area contributed by atoms with E-state index in [1.165, 1.54) is 0 Å². The first-order chi connectivity index (χ1) is 11.6. The molecule has 0 saturated carbocycles. The molecule has 1 aromatic carbocycles. The van der Waals surface area contributed by atoms with Crippen LogP contribution in [0.1, 0.15) is 44.6 Å². The highest BCUT2D eigenvalue weighted by molar-refractivity contribution is 6.30. The Bertz CT molecular complexity index is 537. The summed E-state index contributed by atoms with van der Waals surface area (Å²) in [5, 5.41) is 3.74. The minimum Gasteiger partial charge on any atom is -0.356 e. The number of carbonyl (C=O) groups is 2. The minimum atomic E-state index is 0.0328. The van der Waals surface area contributed by atoms with Gasteiger partial charge in [0.05, 0.1) is 0 Å². The lowest BCUT2D eigenvalue weighted by Gasteiger charge is -2.31. The number of hydrogen-bond acceptors (Lipinski definition) is 2. The largest absolute Gasteiger partial charge is 0.356 e. The fraction of sp³-hybridized carbons (Fsp3) is 0.579. The first-order valence-electron chi connectivity index (χ1n) is 8.90. The number of nitrogens with zero attached hydrogens (tertiary/aromatic N) is 1. The Morgan fingerprint density at radius 1 is 1.21 bits per heavy atom. The van der Waals surface area contributed by atoms with E-state index < -0.39 is 0 Å². The zero-order chi connectivity index (χ0) is 17.4. The Hall–Kier alpha value is -1.55. The second-order valence-corrected chi connectivity index (χ2v) is 6.86. The van der Waals surface area contributed by atoms with E-state index in [0.29, 0.717) is 26.1 Å². The lowest BCUT2D eigenvalue weighted by Crippen LogP contribution is -2.43. The molecular formula is C19H27ClN2O2. The fourth-order valence-corrected chi connectivity index (χ4v) is 3.13. The van der Waals surface area contributed by atoms with Crippen LogP contribution in [0.15, 0.2) is 24.3 Å². The molecule has 1 aromatic rings. The predicted molar refractivity (Wildman–Crippen MR) is 97.0 cm³/mol. The van der Waals surface area contributed by atoms with Crippen molar-refractivity contribution in [1.82, 2.24) is 10.2 Å². The monoisotopic (exact) mass is 350 g/mol. The van der Waals surface area contributed by atoms with Gasteiger partial charge in [0.15, 0.2) is 0 Å². The average Bonchev–Trinajstić information content (AvgIpc) is 2.61. The fourth-order valence-electron chi connectivity index (χ4n) is 3.00. The Morgan fingerprint density at radius 3 is 2.50 bits per heavy atom. The normalized spacial score (nSPS) is 15.3. The van der Waals surface area contributed by atoms with Crippen LogP contribution in [-0.4, -0.2) is 36.3 Å². The van der Waals surface area contributed by atoms with Crippen LogP contribution in [0, 0.1) is 5.92 Å². The molecule has 1 saturated heterocycles. The molecule has 24 heavy (non-hydrogen) atoms. The molecule has 0 radical (unpaired) electrons. The van der Waals surface area contributed by atoms with Crippen molar-refractivity contribution >= 4 is 23.4 Å². The molecule has 0 spiro atoms. The molecule has 0 aliphatic carbocycles. The van der Waals surface area contributed by atoms with E-state index in [1.54, 1.807) is 0 Å². The Balaban J connectivity index is 1.67. The highest BCUT2D eigenvalue weighted by atomic mass is 35.5. The Morgan fingerprint density at radius 2 is 1.88 bits per heavy atom. The zero-order valence-electron chi connectivity index (χ0n) is 14.4. The van der Waals surface area contributed by atoms with Gasteiger partial charge in [-0.2, -0.15) is 0 Å².